The molecule has 0 atom stereocenters. The Balaban J connectivity index is 1.25. The summed E-state index contributed by atoms with van der Waals surface area (Å²) in [4.78, 5) is 11.0. The van der Waals surface area contributed by atoms with E-state index in [0.29, 0.717) is 11.5 Å². The van der Waals surface area contributed by atoms with E-state index < -0.39 is 0 Å². The van der Waals surface area contributed by atoms with Gasteiger partial charge in [0, 0.05) is 47.3 Å². The predicted molar refractivity (Wildman–Crippen MR) is 222 cm³/mol. The van der Waals surface area contributed by atoms with Gasteiger partial charge in [0.15, 0.2) is 5.58 Å². The Morgan fingerprint density at radius 1 is 0.472 bits per heavy atom. The van der Waals surface area contributed by atoms with E-state index in [2.05, 4.69) is 156 Å². The first kappa shape index (κ1) is 28.8. The first-order valence-corrected chi connectivity index (χ1v) is 18.7. The molecule has 246 valence electrons. The third-order valence-corrected chi connectivity index (χ3v) is 12.0. The Hall–Kier alpha value is -6.82. The van der Waals surface area contributed by atoms with E-state index in [9.17, 15) is 0 Å². The van der Waals surface area contributed by atoms with Gasteiger partial charge in [-0.1, -0.05) is 140 Å². The second-order valence-corrected chi connectivity index (χ2v) is 14.7. The minimum atomic E-state index is 0.618. The average Bonchev–Trinajstić information content (AvgIpc) is 3.91. The maximum Gasteiger partial charge on any atom is 0.236 e. The van der Waals surface area contributed by atoms with Crippen LogP contribution in [0, 0.1) is 0 Å². The van der Waals surface area contributed by atoms with Crippen LogP contribution in [0.2, 0.25) is 0 Å². The van der Waals surface area contributed by atoms with Crippen molar-refractivity contribution in [2.24, 2.45) is 0 Å². The molecule has 0 saturated carbocycles. The van der Waals surface area contributed by atoms with Crippen LogP contribution in [0.1, 0.15) is 0 Å². The quantitative estimate of drug-likeness (QED) is 0.185. The first-order valence-electron chi connectivity index (χ1n) is 17.8. The van der Waals surface area contributed by atoms with Crippen molar-refractivity contribution in [2.45, 2.75) is 0 Å². The van der Waals surface area contributed by atoms with Gasteiger partial charge in [-0.2, -0.15) is 0 Å². The topological polar surface area (TPSA) is 43.9 Å². The molecule has 0 unspecified atom stereocenters. The van der Waals surface area contributed by atoms with Crippen molar-refractivity contribution in [3.05, 3.63) is 164 Å². The zero-order valence-corrected chi connectivity index (χ0v) is 29.1. The zero-order chi connectivity index (χ0) is 34.6. The molecule has 4 nitrogen and oxygen atoms in total. The molecule has 0 radical (unpaired) electrons. The number of hydrogen-bond donors (Lipinski definition) is 0. The van der Waals surface area contributed by atoms with Gasteiger partial charge in [0.2, 0.25) is 5.95 Å². The summed E-state index contributed by atoms with van der Waals surface area (Å²) in [6.07, 6.45) is 0. The standard InChI is InChI=1S/C48H27N3OS/c1-2-14-28(15-3-1)29-26-27-33(31-17-5-4-16-30(29)31)43-46-44(36-21-9-12-24-39(36)52-46)50-48(49-43)51-38-23-11-8-20-35(38)42-45(51)34-19-7-6-18-32(34)41-37-22-10-13-25-40(37)53-47(41)42/h1-27H. The molecule has 53 heavy (non-hydrogen) atoms. The SMILES string of the molecule is c1ccc(-c2ccc(-c3nc(-n4c5ccccc5c5c6sc7ccccc7c6c6ccccc6c54)nc4c3oc3ccccc34)c3ccccc23)cc1. The normalized spacial score (nSPS) is 12.2. The molecule has 5 heteroatoms. The van der Waals surface area contributed by atoms with Gasteiger partial charge < -0.3 is 4.42 Å². The average molecular weight is 694 g/mol. The predicted octanol–water partition coefficient (Wildman–Crippen LogP) is 13.5. The number of rotatable bonds is 3. The largest absolute Gasteiger partial charge is 0.452 e. The van der Waals surface area contributed by atoms with Crippen molar-refractivity contribution < 1.29 is 4.42 Å². The second-order valence-electron chi connectivity index (χ2n) is 13.6. The Morgan fingerprint density at radius 2 is 1.09 bits per heavy atom. The molecular weight excluding hydrogens is 667 g/mol. The van der Waals surface area contributed by atoms with E-state index in [-0.39, 0.29) is 0 Å². The van der Waals surface area contributed by atoms with Crippen LogP contribution in [-0.4, -0.2) is 14.5 Å². The van der Waals surface area contributed by atoms with Gasteiger partial charge in [0.1, 0.15) is 16.8 Å². The number of hydrogen-bond acceptors (Lipinski definition) is 4. The van der Waals surface area contributed by atoms with Crippen LogP contribution < -0.4 is 0 Å². The van der Waals surface area contributed by atoms with Gasteiger partial charge in [-0.15, -0.1) is 11.3 Å². The van der Waals surface area contributed by atoms with Gasteiger partial charge in [-0.3, -0.25) is 4.57 Å². The maximum atomic E-state index is 6.68. The molecule has 0 aliphatic carbocycles. The summed E-state index contributed by atoms with van der Waals surface area (Å²) in [6.45, 7) is 0. The maximum absolute atomic E-state index is 6.68. The van der Waals surface area contributed by atoms with Crippen molar-refractivity contribution in [1.82, 2.24) is 14.5 Å². The lowest BCUT2D eigenvalue weighted by Crippen LogP contribution is -2.03. The van der Waals surface area contributed by atoms with Crippen LogP contribution >= 0.6 is 11.3 Å². The molecule has 0 amide bonds. The molecule has 12 rings (SSSR count). The molecular formula is C48H27N3OS. The highest BCUT2D eigenvalue weighted by Gasteiger charge is 2.25. The number of fused-ring (bicyclic) bond motifs is 14. The molecule has 0 bridgehead atoms. The lowest BCUT2D eigenvalue weighted by molar-refractivity contribution is 0.666. The highest BCUT2D eigenvalue weighted by atomic mass is 32.1. The summed E-state index contributed by atoms with van der Waals surface area (Å²) in [6, 6.07) is 58.1. The smallest absolute Gasteiger partial charge is 0.236 e. The van der Waals surface area contributed by atoms with Gasteiger partial charge >= 0.3 is 0 Å². The third-order valence-electron chi connectivity index (χ3n) is 10.8. The van der Waals surface area contributed by atoms with Crippen molar-refractivity contribution in [2.75, 3.05) is 0 Å². The molecule has 0 aliphatic heterocycles. The Bertz CT molecular complexity index is 3460. The zero-order valence-electron chi connectivity index (χ0n) is 28.2. The minimum absolute atomic E-state index is 0.618. The third kappa shape index (κ3) is 4.00. The number of furan rings is 1. The number of benzene rings is 8. The molecule has 4 aromatic heterocycles. The Morgan fingerprint density at radius 3 is 1.92 bits per heavy atom. The second kappa shape index (κ2) is 10.8. The van der Waals surface area contributed by atoms with Gasteiger partial charge in [0.25, 0.3) is 0 Å². The molecule has 0 spiro atoms. The fourth-order valence-corrected chi connectivity index (χ4v) is 9.84. The van der Waals surface area contributed by atoms with Crippen LogP contribution in [0.3, 0.4) is 0 Å². The number of nitrogens with zero attached hydrogens (tertiary/aromatic N) is 3. The molecule has 0 saturated heterocycles. The molecule has 0 N–H and O–H groups in total. The number of para-hydroxylation sites is 2. The molecule has 12 aromatic rings. The van der Waals surface area contributed by atoms with Crippen molar-refractivity contribution in [3.8, 4) is 28.3 Å². The van der Waals surface area contributed by atoms with E-state index in [1.165, 1.54) is 52.8 Å². The van der Waals surface area contributed by atoms with Gasteiger partial charge in [0.05, 0.1) is 11.0 Å². The van der Waals surface area contributed by atoms with E-state index >= 15 is 0 Å². The summed E-state index contributed by atoms with van der Waals surface area (Å²) < 4.78 is 11.5. The number of thiophene rings is 1. The van der Waals surface area contributed by atoms with Gasteiger partial charge in [-0.25, -0.2) is 9.97 Å². The van der Waals surface area contributed by atoms with Gasteiger partial charge in [-0.05, 0) is 51.6 Å². The van der Waals surface area contributed by atoms with Crippen LogP contribution in [0.4, 0.5) is 0 Å². The Labute approximate surface area is 306 Å². The van der Waals surface area contributed by atoms with E-state index in [4.69, 9.17) is 14.4 Å². The molecule has 8 aromatic carbocycles. The number of aromatic nitrogens is 3. The van der Waals surface area contributed by atoms with Crippen LogP contribution in [0.25, 0.3) is 114 Å². The fourth-order valence-electron chi connectivity index (χ4n) is 8.57. The molecule has 0 fully saturated rings. The van der Waals surface area contributed by atoms with Crippen LogP contribution in [0.5, 0.6) is 0 Å². The van der Waals surface area contributed by atoms with Crippen molar-refractivity contribution >= 4 is 96.9 Å². The lowest BCUT2D eigenvalue weighted by Gasteiger charge is -2.14. The summed E-state index contributed by atoms with van der Waals surface area (Å²) >= 11 is 1.87. The van der Waals surface area contributed by atoms with Crippen LogP contribution in [-0.2, 0) is 0 Å². The summed E-state index contributed by atoms with van der Waals surface area (Å²) in [5.74, 6) is 0.618. The first-order chi connectivity index (χ1) is 26.3. The molecule has 0 aliphatic rings. The fraction of sp³-hybridized carbons (Fsp3) is 0. The van der Waals surface area contributed by atoms with Crippen molar-refractivity contribution in [3.63, 3.8) is 0 Å². The summed E-state index contributed by atoms with van der Waals surface area (Å²) in [5, 5.41) is 10.7. The summed E-state index contributed by atoms with van der Waals surface area (Å²) in [5.41, 5.74) is 8.60. The highest BCUT2D eigenvalue weighted by Crippen LogP contribution is 2.48. The lowest BCUT2D eigenvalue weighted by atomic mass is 9.93. The summed E-state index contributed by atoms with van der Waals surface area (Å²) in [7, 11) is 0. The van der Waals surface area contributed by atoms with E-state index in [1.54, 1.807) is 0 Å². The highest BCUT2D eigenvalue weighted by molar-refractivity contribution is 7.27. The van der Waals surface area contributed by atoms with Crippen LogP contribution in [0.15, 0.2) is 168 Å². The molecule has 4 heterocycles. The Kier molecular flexibility index (Phi) is 5.90. The monoisotopic (exact) mass is 693 g/mol. The minimum Gasteiger partial charge on any atom is -0.452 e. The van der Waals surface area contributed by atoms with E-state index in [1.807, 2.05) is 23.5 Å². The van der Waals surface area contributed by atoms with Crippen molar-refractivity contribution in [1.29, 1.82) is 0 Å². The van der Waals surface area contributed by atoms with E-state index in [0.717, 1.165) is 49.5 Å².